The van der Waals surface area contributed by atoms with Crippen LogP contribution in [0.15, 0.2) is 36.9 Å². The maximum Gasteiger partial charge on any atom is 0.232 e. The van der Waals surface area contributed by atoms with Crippen molar-refractivity contribution in [1.82, 2.24) is 19.9 Å². The van der Waals surface area contributed by atoms with Crippen LogP contribution >= 0.6 is 0 Å². The van der Waals surface area contributed by atoms with E-state index in [0.717, 1.165) is 0 Å². The zero-order valence-corrected chi connectivity index (χ0v) is 9.20. The summed E-state index contributed by atoms with van der Waals surface area (Å²) in [4.78, 5) is 14.9. The molecule has 6 nitrogen and oxygen atoms in total. The molecular weight excluding hydrogens is 216 g/mol. The Bertz CT molecular complexity index is 502. The van der Waals surface area contributed by atoms with Gasteiger partial charge >= 0.3 is 0 Å². The number of hydrogen-bond donors (Lipinski definition) is 1. The van der Waals surface area contributed by atoms with Gasteiger partial charge in [-0.2, -0.15) is 5.26 Å². The highest BCUT2D eigenvalue weighted by molar-refractivity contribution is 5.92. The van der Waals surface area contributed by atoms with E-state index in [2.05, 4.69) is 19.9 Å². The van der Waals surface area contributed by atoms with E-state index in [0.29, 0.717) is 11.5 Å². The highest BCUT2D eigenvalue weighted by Gasteiger charge is 1.92. The van der Waals surface area contributed by atoms with Gasteiger partial charge in [0.1, 0.15) is 6.07 Å². The Morgan fingerprint density at radius 3 is 1.82 bits per heavy atom. The van der Waals surface area contributed by atoms with Crippen LogP contribution in [-0.4, -0.2) is 25.6 Å². The van der Waals surface area contributed by atoms with E-state index in [4.69, 9.17) is 10.7 Å². The minimum atomic E-state index is 0.215. The van der Waals surface area contributed by atoms with Gasteiger partial charge in [0, 0.05) is 24.8 Å². The SMILES string of the molecule is CC(=N)c1ncccn1.N#Cc1ncccn1. The largest absolute Gasteiger partial charge is 0.302 e. The van der Waals surface area contributed by atoms with E-state index >= 15 is 0 Å². The summed E-state index contributed by atoms with van der Waals surface area (Å²) in [7, 11) is 0. The minimum absolute atomic E-state index is 0.215. The van der Waals surface area contributed by atoms with Crippen molar-refractivity contribution in [3.8, 4) is 6.07 Å². The van der Waals surface area contributed by atoms with Crippen molar-refractivity contribution in [1.29, 1.82) is 10.7 Å². The fourth-order valence-electron chi connectivity index (χ4n) is 0.850. The van der Waals surface area contributed by atoms with Gasteiger partial charge < -0.3 is 5.41 Å². The Hall–Kier alpha value is -2.68. The number of nitriles is 1. The predicted molar refractivity (Wildman–Crippen MR) is 61.3 cm³/mol. The summed E-state index contributed by atoms with van der Waals surface area (Å²) in [5, 5.41) is 15.3. The van der Waals surface area contributed by atoms with Crippen LogP contribution in [0.25, 0.3) is 0 Å². The maximum atomic E-state index is 8.16. The number of rotatable bonds is 1. The summed E-state index contributed by atoms with van der Waals surface area (Å²) >= 11 is 0. The highest BCUT2D eigenvalue weighted by Crippen LogP contribution is 1.86. The molecule has 0 saturated carbocycles. The van der Waals surface area contributed by atoms with Crippen LogP contribution in [-0.2, 0) is 0 Å². The van der Waals surface area contributed by atoms with Gasteiger partial charge in [0.2, 0.25) is 5.82 Å². The standard InChI is InChI=1S/C6H7N3.C5H3N3/c1-5(7)6-8-3-2-4-9-6;6-4-5-7-2-1-3-8-5/h2-4,7H,1H3;1-3H. The molecule has 0 aliphatic rings. The normalized spacial score (nSPS) is 8.47. The Balaban J connectivity index is 0.000000171. The Morgan fingerprint density at radius 2 is 1.53 bits per heavy atom. The average molecular weight is 226 g/mol. The lowest BCUT2D eigenvalue weighted by atomic mass is 10.4. The molecule has 84 valence electrons. The molecule has 0 saturated heterocycles. The second kappa shape index (κ2) is 6.74. The molecule has 0 radical (unpaired) electrons. The molecule has 0 aliphatic carbocycles. The Kier molecular flexibility index (Phi) is 4.91. The first-order valence-electron chi connectivity index (χ1n) is 4.73. The van der Waals surface area contributed by atoms with Gasteiger partial charge in [-0.3, -0.25) is 0 Å². The van der Waals surface area contributed by atoms with Crippen molar-refractivity contribution >= 4 is 5.71 Å². The zero-order chi connectivity index (χ0) is 12.5. The first-order valence-corrected chi connectivity index (χ1v) is 4.73. The van der Waals surface area contributed by atoms with E-state index in [1.807, 2.05) is 0 Å². The highest BCUT2D eigenvalue weighted by atomic mass is 14.9. The van der Waals surface area contributed by atoms with Crippen LogP contribution in [0, 0.1) is 16.7 Å². The van der Waals surface area contributed by atoms with E-state index in [1.54, 1.807) is 37.5 Å². The Labute approximate surface area is 98.5 Å². The van der Waals surface area contributed by atoms with Crippen LogP contribution in [0.2, 0.25) is 0 Å². The van der Waals surface area contributed by atoms with Crippen LogP contribution in [0.3, 0.4) is 0 Å². The summed E-state index contributed by atoms with van der Waals surface area (Å²) in [5.41, 5.74) is 0.399. The third kappa shape index (κ3) is 4.57. The fraction of sp³-hybridized carbons (Fsp3) is 0.0909. The average Bonchev–Trinajstić information content (AvgIpc) is 2.41. The Morgan fingerprint density at radius 1 is 1.06 bits per heavy atom. The van der Waals surface area contributed by atoms with Crippen molar-refractivity contribution in [2.75, 3.05) is 0 Å². The van der Waals surface area contributed by atoms with E-state index < -0.39 is 0 Å². The predicted octanol–water partition coefficient (Wildman–Crippen LogP) is 1.21. The molecule has 2 heterocycles. The fourth-order valence-corrected chi connectivity index (χ4v) is 0.850. The van der Waals surface area contributed by atoms with Crippen molar-refractivity contribution in [3.05, 3.63) is 48.6 Å². The first kappa shape index (κ1) is 12.4. The summed E-state index contributed by atoms with van der Waals surface area (Å²) < 4.78 is 0. The molecule has 2 rings (SSSR count). The van der Waals surface area contributed by atoms with E-state index in [-0.39, 0.29) is 5.82 Å². The quantitative estimate of drug-likeness (QED) is 0.737. The van der Waals surface area contributed by atoms with E-state index in [9.17, 15) is 0 Å². The molecule has 0 unspecified atom stereocenters. The van der Waals surface area contributed by atoms with Gasteiger partial charge in [0.05, 0.1) is 5.71 Å². The summed E-state index contributed by atoms with van der Waals surface area (Å²) in [6.07, 6.45) is 6.32. The lowest BCUT2D eigenvalue weighted by molar-refractivity contribution is 1.11. The van der Waals surface area contributed by atoms with Crippen LogP contribution in [0.1, 0.15) is 18.6 Å². The van der Waals surface area contributed by atoms with Crippen LogP contribution in [0.4, 0.5) is 0 Å². The summed E-state index contributed by atoms with van der Waals surface area (Å²) in [6, 6.07) is 5.20. The van der Waals surface area contributed by atoms with Crippen molar-refractivity contribution < 1.29 is 0 Å². The molecule has 0 atom stereocenters. The zero-order valence-electron chi connectivity index (χ0n) is 9.20. The number of aromatic nitrogens is 4. The van der Waals surface area contributed by atoms with Gasteiger partial charge in [0.25, 0.3) is 0 Å². The minimum Gasteiger partial charge on any atom is -0.302 e. The smallest absolute Gasteiger partial charge is 0.232 e. The number of nitrogens with zero attached hydrogens (tertiary/aromatic N) is 5. The second-order valence-electron chi connectivity index (χ2n) is 2.88. The number of nitrogens with one attached hydrogen (secondary N) is 1. The molecule has 6 heteroatoms. The third-order valence-electron chi connectivity index (χ3n) is 1.57. The lowest BCUT2D eigenvalue weighted by Gasteiger charge is -1.90. The molecule has 0 bridgehead atoms. The van der Waals surface area contributed by atoms with Gasteiger partial charge in [-0.15, -0.1) is 0 Å². The summed E-state index contributed by atoms with van der Waals surface area (Å²) in [5.74, 6) is 0.713. The first-order chi connectivity index (χ1) is 8.24. The topological polar surface area (TPSA) is 99.2 Å². The third-order valence-corrected chi connectivity index (χ3v) is 1.57. The number of hydrogen-bond acceptors (Lipinski definition) is 6. The molecule has 1 N–H and O–H groups in total. The van der Waals surface area contributed by atoms with Gasteiger partial charge in [-0.1, -0.05) is 0 Å². The molecule has 0 aliphatic heterocycles. The monoisotopic (exact) mass is 226 g/mol. The van der Waals surface area contributed by atoms with Crippen molar-refractivity contribution in [3.63, 3.8) is 0 Å². The molecule has 2 aromatic rings. The maximum absolute atomic E-state index is 8.16. The summed E-state index contributed by atoms with van der Waals surface area (Å²) in [6.45, 7) is 1.66. The molecule has 2 aromatic heterocycles. The lowest BCUT2D eigenvalue weighted by Crippen LogP contribution is -1.98. The van der Waals surface area contributed by atoms with Crippen LogP contribution in [0.5, 0.6) is 0 Å². The molecule has 0 aromatic carbocycles. The van der Waals surface area contributed by atoms with Gasteiger partial charge in [-0.05, 0) is 19.1 Å². The molecule has 0 spiro atoms. The molecule has 0 fully saturated rings. The molecular formula is C11H10N6. The van der Waals surface area contributed by atoms with E-state index in [1.165, 1.54) is 12.4 Å². The van der Waals surface area contributed by atoms with Gasteiger partial charge in [0.15, 0.2) is 5.82 Å². The van der Waals surface area contributed by atoms with Crippen molar-refractivity contribution in [2.45, 2.75) is 6.92 Å². The van der Waals surface area contributed by atoms with Gasteiger partial charge in [-0.25, -0.2) is 19.9 Å². The second-order valence-corrected chi connectivity index (χ2v) is 2.88. The van der Waals surface area contributed by atoms with Crippen LogP contribution < -0.4 is 0 Å². The van der Waals surface area contributed by atoms with Crippen molar-refractivity contribution in [2.24, 2.45) is 0 Å². The molecule has 17 heavy (non-hydrogen) atoms. The molecule has 0 amide bonds.